The van der Waals surface area contributed by atoms with Crippen molar-refractivity contribution in [3.63, 3.8) is 0 Å². The average Bonchev–Trinajstić information content (AvgIpc) is 2.09. The highest BCUT2D eigenvalue weighted by molar-refractivity contribution is 6.43. The molecule has 2 nitrogen and oxygen atoms in total. The summed E-state index contributed by atoms with van der Waals surface area (Å²) < 4.78 is 0. The molecule has 0 amide bonds. The van der Waals surface area contributed by atoms with Crippen LogP contribution in [0, 0.1) is 0 Å². The number of halogens is 2. The van der Waals surface area contributed by atoms with Crippen LogP contribution in [0.5, 0.6) is 0 Å². The van der Waals surface area contributed by atoms with E-state index >= 15 is 0 Å². The van der Waals surface area contributed by atoms with Crippen molar-refractivity contribution in [3.8, 4) is 0 Å². The average molecular weight is 203 g/mol. The predicted molar refractivity (Wildman–Crippen MR) is 47.2 cm³/mol. The van der Waals surface area contributed by atoms with E-state index in [9.17, 15) is 9.59 Å². The molecule has 1 aromatic carbocycles. The molecule has 0 heterocycles. The largest absolute Gasteiger partial charge is 0.298 e. The van der Waals surface area contributed by atoms with Crippen molar-refractivity contribution in [2.24, 2.45) is 0 Å². The van der Waals surface area contributed by atoms with Gasteiger partial charge in [0.2, 0.25) is 0 Å². The first-order valence-electron chi connectivity index (χ1n) is 3.08. The second-order valence-electron chi connectivity index (χ2n) is 2.14. The van der Waals surface area contributed by atoms with Gasteiger partial charge in [-0.2, -0.15) is 0 Å². The quantitative estimate of drug-likeness (QED) is 0.692. The zero-order valence-corrected chi connectivity index (χ0v) is 7.39. The predicted octanol–water partition coefficient (Wildman–Crippen LogP) is 2.62. The molecule has 0 bridgehead atoms. The number of carbonyl (C=O) groups is 2. The third-order valence-corrected chi connectivity index (χ3v) is 2.16. The fraction of sp³-hybridized carbons (Fsp3) is 0. The maximum absolute atomic E-state index is 10.4. The maximum Gasteiger partial charge on any atom is 0.151 e. The molecule has 0 aliphatic heterocycles. The van der Waals surface area contributed by atoms with Gasteiger partial charge in [-0.05, 0) is 12.1 Å². The van der Waals surface area contributed by atoms with Crippen LogP contribution in [0.25, 0.3) is 0 Å². The van der Waals surface area contributed by atoms with Gasteiger partial charge in [-0.3, -0.25) is 9.59 Å². The SMILES string of the molecule is O=Cc1cc(Cl)c(Cl)c(C=O)c1. The lowest BCUT2D eigenvalue weighted by molar-refractivity contribution is 0.112. The minimum absolute atomic E-state index is 0.178. The monoisotopic (exact) mass is 202 g/mol. The van der Waals surface area contributed by atoms with Gasteiger partial charge >= 0.3 is 0 Å². The molecule has 0 saturated carbocycles. The van der Waals surface area contributed by atoms with Crippen molar-refractivity contribution < 1.29 is 9.59 Å². The summed E-state index contributed by atoms with van der Waals surface area (Å²) >= 11 is 11.3. The highest BCUT2D eigenvalue weighted by atomic mass is 35.5. The summed E-state index contributed by atoms with van der Waals surface area (Å²) in [6, 6.07) is 2.79. The first-order chi connectivity index (χ1) is 5.69. The molecule has 12 heavy (non-hydrogen) atoms. The van der Waals surface area contributed by atoms with E-state index in [2.05, 4.69) is 0 Å². The Balaban J connectivity index is 3.37. The molecule has 0 radical (unpaired) electrons. The molecular formula is C8H4Cl2O2. The molecule has 0 N–H and O–H groups in total. The van der Waals surface area contributed by atoms with Crippen LogP contribution in [-0.4, -0.2) is 12.6 Å². The van der Waals surface area contributed by atoms with Crippen LogP contribution in [0.1, 0.15) is 20.7 Å². The molecule has 0 saturated heterocycles. The van der Waals surface area contributed by atoms with Crippen LogP contribution in [0.2, 0.25) is 10.0 Å². The topological polar surface area (TPSA) is 34.1 Å². The first kappa shape index (κ1) is 9.23. The molecule has 0 atom stereocenters. The van der Waals surface area contributed by atoms with Gasteiger partial charge in [-0.15, -0.1) is 0 Å². The molecule has 0 aromatic heterocycles. The summed E-state index contributed by atoms with van der Waals surface area (Å²) in [4.78, 5) is 20.7. The van der Waals surface area contributed by atoms with Crippen molar-refractivity contribution in [3.05, 3.63) is 33.3 Å². The van der Waals surface area contributed by atoms with Gasteiger partial charge in [-0.25, -0.2) is 0 Å². The minimum atomic E-state index is 0.178. The third-order valence-electron chi connectivity index (χ3n) is 1.34. The Morgan fingerprint density at radius 3 is 2.25 bits per heavy atom. The van der Waals surface area contributed by atoms with Crippen molar-refractivity contribution in [2.75, 3.05) is 0 Å². The number of hydrogen-bond acceptors (Lipinski definition) is 2. The van der Waals surface area contributed by atoms with Crippen LogP contribution in [0.15, 0.2) is 12.1 Å². The maximum atomic E-state index is 10.4. The number of carbonyl (C=O) groups excluding carboxylic acids is 2. The Bertz CT molecular complexity index is 334. The number of rotatable bonds is 2. The van der Waals surface area contributed by atoms with Gasteiger partial charge in [0.25, 0.3) is 0 Å². The third kappa shape index (κ3) is 1.65. The molecule has 62 valence electrons. The zero-order valence-electron chi connectivity index (χ0n) is 5.88. The van der Waals surface area contributed by atoms with Crippen LogP contribution in [0.4, 0.5) is 0 Å². The summed E-state index contributed by atoms with van der Waals surface area (Å²) in [7, 11) is 0. The molecule has 4 heteroatoms. The molecule has 0 aliphatic carbocycles. The molecule has 0 spiro atoms. The van der Waals surface area contributed by atoms with E-state index in [0.717, 1.165) is 0 Å². The number of hydrogen-bond donors (Lipinski definition) is 0. The van der Waals surface area contributed by atoms with E-state index in [1.807, 2.05) is 0 Å². The van der Waals surface area contributed by atoms with E-state index in [0.29, 0.717) is 18.1 Å². The van der Waals surface area contributed by atoms with Gasteiger partial charge in [0.05, 0.1) is 10.0 Å². The first-order valence-corrected chi connectivity index (χ1v) is 3.84. The van der Waals surface area contributed by atoms with Gasteiger partial charge in [-0.1, -0.05) is 23.2 Å². The summed E-state index contributed by atoms with van der Waals surface area (Å²) in [5.74, 6) is 0. The molecule has 0 aliphatic rings. The van der Waals surface area contributed by atoms with Crippen LogP contribution in [-0.2, 0) is 0 Å². The minimum Gasteiger partial charge on any atom is -0.298 e. The van der Waals surface area contributed by atoms with Gasteiger partial charge in [0.15, 0.2) is 6.29 Å². The Labute approximate surface area is 79.1 Å². The standard InChI is InChI=1S/C8H4Cl2O2/c9-7-2-5(3-11)1-6(4-12)8(7)10/h1-4H. The Morgan fingerprint density at radius 1 is 1.08 bits per heavy atom. The summed E-state index contributed by atoms with van der Waals surface area (Å²) in [5.41, 5.74) is 0.567. The Hall–Kier alpha value is -0.860. The van der Waals surface area contributed by atoms with E-state index in [1.165, 1.54) is 12.1 Å². The van der Waals surface area contributed by atoms with Gasteiger partial charge < -0.3 is 0 Å². The van der Waals surface area contributed by atoms with Crippen molar-refractivity contribution >= 4 is 35.8 Å². The second kappa shape index (κ2) is 3.70. The lowest BCUT2D eigenvalue weighted by atomic mass is 10.1. The van der Waals surface area contributed by atoms with Crippen molar-refractivity contribution in [1.29, 1.82) is 0 Å². The van der Waals surface area contributed by atoms with E-state index < -0.39 is 0 Å². The molecule has 1 aromatic rings. The Morgan fingerprint density at radius 2 is 1.75 bits per heavy atom. The fourth-order valence-electron chi connectivity index (χ4n) is 0.786. The van der Waals surface area contributed by atoms with E-state index in [4.69, 9.17) is 23.2 Å². The van der Waals surface area contributed by atoms with Crippen LogP contribution >= 0.6 is 23.2 Å². The van der Waals surface area contributed by atoms with Crippen molar-refractivity contribution in [1.82, 2.24) is 0 Å². The van der Waals surface area contributed by atoms with Crippen LogP contribution < -0.4 is 0 Å². The Kier molecular flexibility index (Phi) is 2.84. The second-order valence-corrected chi connectivity index (χ2v) is 2.93. The molecule has 0 fully saturated rings. The van der Waals surface area contributed by atoms with Crippen LogP contribution in [0.3, 0.4) is 0 Å². The van der Waals surface area contributed by atoms with Gasteiger partial charge in [0.1, 0.15) is 6.29 Å². The summed E-state index contributed by atoms with van der Waals surface area (Å²) in [6.45, 7) is 0. The zero-order chi connectivity index (χ0) is 9.14. The number of benzene rings is 1. The fourth-order valence-corrected chi connectivity index (χ4v) is 1.17. The van der Waals surface area contributed by atoms with Gasteiger partial charge in [0, 0.05) is 11.1 Å². The smallest absolute Gasteiger partial charge is 0.151 e. The molecular weight excluding hydrogens is 199 g/mol. The van der Waals surface area contributed by atoms with E-state index in [-0.39, 0.29) is 15.6 Å². The van der Waals surface area contributed by atoms with E-state index in [1.54, 1.807) is 0 Å². The molecule has 1 rings (SSSR count). The lowest BCUT2D eigenvalue weighted by Gasteiger charge is -1.99. The summed E-state index contributed by atoms with van der Waals surface area (Å²) in [6.07, 6.45) is 1.16. The van der Waals surface area contributed by atoms with Crippen molar-refractivity contribution in [2.45, 2.75) is 0 Å². The summed E-state index contributed by atoms with van der Waals surface area (Å²) in [5, 5.41) is 0.389. The highest BCUT2D eigenvalue weighted by Crippen LogP contribution is 2.25. The number of aldehydes is 2. The normalized spacial score (nSPS) is 9.50. The molecule has 0 unspecified atom stereocenters. The lowest BCUT2D eigenvalue weighted by Crippen LogP contribution is -1.87. The highest BCUT2D eigenvalue weighted by Gasteiger charge is 2.05.